The third-order valence-corrected chi connectivity index (χ3v) is 3.55. The van der Waals surface area contributed by atoms with Gasteiger partial charge in [0.2, 0.25) is 0 Å². The molecule has 0 spiro atoms. The number of rotatable bonds is 6. The second-order valence-corrected chi connectivity index (χ2v) is 5.39. The molecule has 22 heavy (non-hydrogen) atoms. The molecule has 0 heterocycles. The third kappa shape index (κ3) is 4.67. The summed E-state index contributed by atoms with van der Waals surface area (Å²) in [5.41, 5.74) is 2.32. The van der Waals surface area contributed by atoms with Crippen molar-refractivity contribution >= 4 is 17.7 Å². The molecular formula is C17H18ClNO3. The number of nitrogens with zero attached hydrogens (tertiary/aromatic N) is 1. The minimum atomic E-state index is -0.979. The van der Waals surface area contributed by atoms with E-state index in [0.29, 0.717) is 10.8 Å². The summed E-state index contributed by atoms with van der Waals surface area (Å²) in [6, 6.07) is 15.8. The summed E-state index contributed by atoms with van der Waals surface area (Å²) in [5.74, 6) is 0.567. The molecule has 0 fully saturated rings. The quantitative estimate of drug-likeness (QED) is 0.878. The first kappa shape index (κ1) is 16.2. The van der Waals surface area contributed by atoms with Crippen LogP contribution in [0.3, 0.4) is 0 Å². The van der Waals surface area contributed by atoms with Crippen LogP contribution in [-0.4, -0.2) is 36.3 Å². The van der Waals surface area contributed by atoms with Gasteiger partial charge in [0.15, 0.2) is 0 Å². The van der Waals surface area contributed by atoms with E-state index >= 15 is 0 Å². The molecular weight excluding hydrogens is 302 g/mol. The molecule has 1 amide bonds. The van der Waals surface area contributed by atoms with Crippen molar-refractivity contribution in [2.24, 2.45) is 0 Å². The highest BCUT2D eigenvalue weighted by Crippen LogP contribution is 2.26. The Kier molecular flexibility index (Phi) is 5.67. The van der Waals surface area contributed by atoms with Crippen LogP contribution in [0.25, 0.3) is 0 Å². The molecule has 2 aromatic carbocycles. The number of likely N-dealkylation sites (N-methyl/N-ethyl adjacent to an activating group) is 1. The molecule has 0 aromatic heterocycles. The Morgan fingerprint density at radius 2 is 1.91 bits per heavy atom. The third-order valence-electron chi connectivity index (χ3n) is 3.26. The molecule has 0 aliphatic heterocycles. The van der Waals surface area contributed by atoms with E-state index in [4.69, 9.17) is 21.4 Å². The van der Waals surface area contributed by atoms with Gasteiger partial charge in [0, 0.05) is 7.05 Å². The fraction of sp³-hybridized carbons (Fsp3) is 0.235. The van der Waals surface area contributed by atoms with Gasteiger partial charge >= 0.3 is 6.09 Å². The smallest absolute Gasteiger partial charge is 0.407 e. The highest BCUT2D eigenvalue weighted by molar-refractivity contribution is 6.32. The van der Waals surface area contributed by atoms with Crippen LogP contribution in [0.4, 0.5) is 4.79 Å². The summed E-state index contributed by atoms with van der Waals surface area (Å²) in [6.07, 6.45) is -0.171. The van der Waals surface area contributed by atoms with Gasteiger partial charge in [0.1, 0.15) is 12.4 Å². The molecule has 1 N–H and O–H groups in total. The van der Waals surface area contributed by atoms with Crippen molar-refractivity contribution in [3.8, 4) is 5.75 Å². The van der Waals surface area contributed by atoms with E-state index in [1.54, 1.807) is 0 Å². The second kappa shape index (κ2) is 7.71. The Bertz CT molecular complexity index is 631. The standard InChI is InChI=1S/C17H18ClNO3/c1-19(17(20)21)9-10-22-16-8-7-14(12-15(16)18)11-13-5-3-2-4-6-13/h2-8,12H,9-11H2,1H3,(H,20,21). The lowest BCUT2D eigenvalue weighted by molar-refractivity contribution is 0.147. The minimum absolute atomic E-state index is 0.264. The number of halogens is 1. The molecule has 0 saturated carbocycles. The van der Waals surface area contributed by atoms with E-state index in [0.717, 1.165) is 16.9 Å². The molecule has 0 atom stereocenters. The number of carbonyl (C=O) groups is 1. The lowest BCUT2D eigenvalue weighted by Crippen LogP contribution is -2.29. The van der Waals surface area contributed by atoms with Crippen LogP contribution in [0.15, 0.2) is 48.5 Å². The Hall–Kier alpha value is -2.20. The largest absolute Gasteiger partial charge is 0.490 e. The van der Waals surface area contributed by atoms with Crippen LogP contribution in [-0.2, 0) is 6.42 Å². The number of hydrogen-bond acceptors (Lipinski definition) is 2. The van der Waals surface area contributed by atoms with Crippen LogP contribution in [0, 0.1) is 0 Å². The highest BCUT2D eigenvalue weighted by atomic mass is 35.5. The SMILES string of the molecule is CN(CCOc1ccc(Cc2ccccc2)cc1Cl)C(=O)O. The van der Waals surface area contributed by atoms with E-state index in [1.165, 1.54) is 12.6 Å². The number of ether oxygens (including phenoxy) is 1. The Morgan fingerprint density at radius 1 is 1.18 bits per heavy atom. The summed E-state index contributed by atoms with van der Waals surface area (Å²) >= 11 is 6.22. The molecule has 0 aliphatic rings. The highest BCUT2D eigenvalue weighted by Gasteiger charge is 2.07. The van der Waals surface area contributed by atoms with Crippen molar-refractivity contribution in [1.82, 2.24) is 4.90 Å². The Balaban J connectivity index is 1.93. The number of benzene rings is 2. The number of carboxylic acid groups (broad SMARTS) is 1. The van der Waals surface area contributed by atoms with Gasteiger partial charge in [-0.3, -0.25) is 0 Å². The molecule has 2 aromatic rings. The van der Waals surface area contributed by atoms with Gasteiger partial charge < -0.3 is 14.7 Å². The van der Waals surface area contributed by atoms with Crippen LogP contribution in [0.2, 0.25) is 5.02 Å². The van der Waals surface area contributed by atoms with Gasteiger partial charge in [0.05, 0.1) is 11.6 Å². The lowest BCUT2D eigenvalue weighted by Gasteiger charge is -2.14. The van der Waals surface area contributed by atoms with E-state index in [-0.39, 0.29) is 13.2 Å². The van der Waals surface area contributed by atoms with Gasteiger partial charge in [-0.1, -0.05) is 48.0 Å². The fourth-order valence-electron chi connectivity index (χ4n) is 1.99. The first-order valence-corrected chi connectivity index (χ1v) is 7.33. The lowest BCUT2D eigenvalue weighted by atomic mass is 10.1. The topological polar surface area (TPSA) is 49.8 Å². The summed E-state index contributed by atoms with van der Waals surface area (Å²) < 4.78 is 5.53. The monoisotopic (exact) mass is 319 g/mol. The summed E-state index contributed by atoms with van der Waals surface area (Å²) in [5, 5.41) is 9.29. The average Bonchev–Trinajstić information content (AvgIpc) is 2.50. The number of hydrogen-bond donors (Lipinski definition) is 1. The summed E-state index contributed by atoms with van der Waals surface area (Å²) in [6.45, 7) is 0.554. The summed E-state index contributed by atoms with van der Waals surface area (Å²) in [4.78, 5) is 11.8. The van der Waals surface area contributed by atoms with Crippen molar-refractivity contribution in [3.63, 3.8) is 0 Å². The van der Waals surface area contributed by atoms with Gasteiger partial charge in [0.25, 0.3) is 0 Å². The predicted molar refractivity (Wildman–Crippen MR) is 86.8 cm³/mol. The molecule has 5 heteroatoms. The maximum absolute atomic E-state index is 10.7. The van der Waals surface area contributed by atoms with Gasteiger partial charge in [-0.05, 0) is 29.7 Å². The van der Waals surface area contributed by atoms with Gasteiger partial charge in [-0.2, -0.15) is 0 Å². The van der Waals surface area contributed by atoms with E-state index in [9.17, 15) is 4.79 Å². The van der Waals surface area contributed by atoms with Gasteiger partial charge in [-0.25, -0.2) is 4.79 Å². The molecule has 0 aliphatic carbocycles. The predicted octanol–water partition coefficient (Wildman–Crippen LogP) is 3.92. The van der Waals surface area contributed by atoms with Crippen LogP contribution in [0.5, 0.6) is 5.75 Å². The zero-order valence-electron chi connectivity index (χ0n) is 12.3. The zero-order valence-corrected chi connectivity index (χ0v) is 13.1. The fourth-order valence-corrected chi connectivity index (χ4v) is 2.25. The van der Waals surface area contributed by atoms with Crippen LogP contribution < -0.4 is 4.74 Å². The second-order valence-electron chi connectivity index (χ2n) is 4.98. The maximum atomic E-state index is 10.7. The molecule has 0 unspecified atom stereocenters. The molecule has 0 radical (unpaired) electrons. The van der Waals surface area contributed by atoms with Crippen molar-refractivity contribution < 1.29 is 14.6 Å². The number of amides is 1. The van der Waals surface area contributed by atoms with Crippen LogP contribution >= 0.6 is 11.6 Å². The normalized spacial score (nSPS) is 10.3. The first-order valence-electron chi connectivity index (χ1n) is 6.95. The summed E-state index contributed by atoms with van der Waals surface area (Å²) in [7, 11) is 1.50. The van der Waals surface area contributed by atoms with E-state index in [2.05, 4.69) is 12.1 Å². The van der Waals surface area contributed by atoms with Crippen molar-refractivity contribution in [3.05, 3.63) is 64.7 Å². The van der Waals surface area contributed by atoms with Gasteiger partial charge in [-0.15, -0.1) is 0 Å². The molecule has 116 valence electrons. The Labute approximate surface area is 134 Å². The van der Waals surface area contributed by atoms with Crippen molar-refractivity contribution in [1.29, 1.82) is 0 Å². The molecule has 0 saturated heterocycles. The van der Waals surface area contributed by atoms with Crippen LogP contribution in [0.1, 0.15) is 11.1 Å². The molecule has 4 nitrogen and oxygen atoms in total. The average molecular weight is 320 g/mol. The van der Waals surface area contributed by atoms with E-state index in [1.807, 2.05) is 36.4 Å². The van der Waals surface area contributed by atoms with E-state index < -0.39 is 6.09 Å². The Morgan fingerprint density at radius 3 is 2.55 bits per heavy atom. The molecule has 0 bridgehead atoms. The molecule has 2 rings (SSSR count). The van der Waals surface area contributed by atoms with Crippen molar-refractivity contribution in [2.45, 2.75) is 6.42 Å². The minimum Gasteiger partial charge on any atom is -0.490 e. The first-order chi connectivity index (χ1) is 10.6. The maximum Gasteiger partial charge on any atom is 0.407 e. The van der Waals surface area contributed by atoms with Crippen molar-refractivity contribution in [2.75, 3.05) is 20.2 Å². The zero-order chi connectivity index (χ0) is 15.9.